The van der Waals surface area contributed by atoms with Crippen LogP contribution in [0.1, 0.15) is 26.3 Å². The van der Waals surface area contributed by atoms with Crippen LogP contribution in [0.25, 0.3) is 0 Å². The minimum absolute atomic E-state index is 0.330. The second kappa shape index (κ2) is 4.63. The number of imide groups is 1. The number of anilines is 2. The third-order valence-corrected chi connectivity index (χ3v) is 3.51. The number of aryl methyl sites for hydroxylation is 1. The maximum absolute atomic E-state index is 12.5. The third-order valence-electron chi connectivity index (χ3n) is 3.51. The van der Waals surface area contributed by atoms with Crippen molar-refractivity contribution in [2.45, 2.75) is 6.92 Å². The van der Waals surface area contributed by atoms with Crippen LogP contribution in [0.4, 0.5) is 11.4 Å². The van der Waals surface area contributed by atoms with Crippen LogP contribution in [-0.2, 0) is 0 Å². The molecule has 5 heteroatoms. The van der Waals surface area contributed by atoms with Gasteiger partial charge in [0.1, 0.15) is 5.75 Å². The number of rotatable bonds is 2. The second-order valence-corrected chi connectivity index (χ2v) is 4.92. The lowest BCUT2D eigenvalue weighted by Gasteiger charge is -2.15. The molecular formula is C16H14N2O3. The first-order valence-electron chi connectivity index (χ1n) is 6.46. The van der Waals surface area contributed by atoms with E-state index in [9.17, 15) is 9.59 Å². The molecule has 0 aliphatic carbocycles. The Labute approximate surface area is 121 Å². The van der Waals surface area contributed by atoms with Gasteiger partial charge in [-0.05, 0) is 37.3 Å². The van der Waals surface area contributed by atoms with Crippen LogP contribution in [0, 0.1) is 6.92 Å². The summed E-state index contributed by atoms with van der Waals surface area (Å²) in [6.07, 6.45) is 0. The van der Waals surface area contributed by atoms with Crippen LogP contribution in [0.5, 0.6) is 5.75 Å². The van der Waals surface area contributed by atoms with Gasteiger partial charge >= 0.3 is 0 Å². The first-order valence-corrected chi connectivity index (χ1v) is 6.46. The quantitative estimate of drug-likeness (QED) is 0.678. The number of ether oxygens (including phenoxy) is 1. The van der Waals surface area contributed by atoms with Crippen LogP contribution in [0.2, 0.25) is 0 Å². The standard InChI is InChI=1S/C16H14N2O3/c1-9-3-5-11-12(7-9)16(20)18(15(11)19)10-4-6-14(21-2)13(17)8-10/h3-8H,17H2,1-2H3. The van der Waals surface area contributed by atoms with Crippen molar-refractivity contribution in [3.8, 4) is 5.75 Å². The predicted octanol–water partition coefficient (Wildman–Crippen LogP) is 2.39. The maximum atomic E-state index is 12.5. The fourth-order valence-corrected chi connectivity index (χ4v) is 2.45. The molecule has 0 fully saturated rings. The third kappa shape index (κ3) is 1.94. The summed E-state index contributed by atoms with van der Waals surface area (Å²) in [5.74, 6) is -0.158. The number of nitrogen functional groups attached to an aromatic ring is 1. The molecule has 5 nitrogen and oxygen atoms in total. The van der Waals surface area contributed by atoms with Crippen molar-refractivity contribution < 1.29 is 14.3 Å². The number of fused-ring (bicyclic) bond motifs is 1. The molecule has 0 atom stereocenters. The summed E-state index contributed by atoms with van der Waals surface area (Å²) in [6.45, 7) is 1.88. The molecule has 1 aliphatic rings. The zero-order valence-electron chi connectivity index (χ0n) is 11.7. The molecule has 2 aromatic rings. The van der Waals surface area contributed by atoms with Crippen molar-refractivity contribution in [3.05, 3.63) is 53.1 Å². The SMILES string of the molecule is COc1ccc(N2C(=O)c3ccc(C)cc3C2=O)cc1N. The number of methoxy groups -OCH3 is 1. The molecule has 0 spiro atoms. The number of benzene rings is 2. The first-order chi connectivity index (χ1) is 10.0. The number of hydrogen-bond acceptors (Lipinski definition) is 4. The number of hydrogen-bond donors (Lipinski definition) is 1. The average molecular weight is 282 g/mol. The molecule has 2 amide bonds. The molecular weight excluding hydrogens is 268 g/mol. The van der Waals surface area contributed by atoms with E-state index in [2.05, 4.69) is 0 Å². The fourth-order valence-electron chi connectivity index (χ4n) is 2.45. The Kier molecular flexibility index (Phi) is 2.90. The monoisotopic (exact) mass is 282 g/mol. The molecule has 0 radical (unpaired) electrons. The number of nitrogens with zero attached hydrogens (tertiary/aromatic N) is 1. The van der Waals surface area contributed by atoms with E-state index in [1.54, 1.807) is 30.3 Å². The minimum Gasteiger partial charge on any atom is -0.495 e. The van der Waals surface area contributed by atoms with Gasteiger partial charge in [-0.1, -0.05) is 11.6 Å². The smallest absolute Gasteiger partial charge is 0.266 e. The van der Waals surface area contributed by atoms with Crippen LogP contribution < -0.4 is 15.4 Å². The van der Waals surface area contributed by atoms with Crippen molar-refractivity contribution >= 4 is 23.2 Å². The molecule has 0 saturated heterocycles. The number of carbonyl (C=O) groups excluding carboxylic acids is 2. The lowest BCUT2D eigenvalue weighted by molar-refractivity contribution is 0.0926. The Morgan fingerprint density at radius 2 is 1.71 bits per heavy atom. The zero-order chi connectivity index (χ0) is 15.1. The van der Waals surface area contributed by atoms with E-state index in [0.29, 0.717) is 28.3 Å². The van der Waals surface area contributed by atoms with Crippen molar-refractivity contribution in [2.75, 3.05) is 17.7 Å². The lowest BCUT2D eigenvalue weighted by Crippen LogP contribution is -2.29. The molecule has 106 valence electrons. The van der Waals surface area contributed by atoms with Gasteiger partial charge in [-0.25, -0.2) is 4.90 Å². The molecule has 0 bridgehead atoms. The number of amides is 2. The summed E-state index contributed by atoms with van der Waals surface area (Å²) in [6, 6.07) is 10.1. The first kappa shape index (κ1) is 13.2. The Bertz CT molecular complexity index is 768. The average Bonchev–Trinajstić information content (AvgIpc) is 2.70. The van der Waals surface area contributed by atoms with Gasteiger partial charge in [-0.2, -0.15) is 0 Å². The highest BCUT2D eigenvalue weighted by Gasteiger charge is 2.36. The van der Waals surface area contributed by atoms with Crippen LogP contribution in [0.15, 0.2) is 36.4 Å². The van der Waals surface area contributed by atoms with E-state index in [1.165, 1.54) is 7.11 Å². The summed E-state index contributed by atoms with van der Waals surface area (Å²) in [5, 5.41) is 0. The van der Waals surface area contributed by atoms with Crippen molar-refractivity contribution in [2.24, 2.45) is 0 Å². The van der Waals surface area contributed by atoms with E-state index in [1.807, 2.05) is 13.0 Å². The topological polar surface area (TPSA) is 72.6 Å². The molecule has 2 N–H and O–H groups in total. The molecule has 2 aromatic carbocycles. The van der Waals surface area contributed by atoms with Crippen LogP contribution in [-0.4, -0.2) is 18.9 Å². The highest BCUT2D eigenvalue weighted by molar-refractivity contribution is 6.34. The largest absolute Gasteiger partial charge is 0.495 e. The second-order valence-electron chi connectivity index (χ2n) is 4.92. The maximum Gasteiger partial charge on any atom is 0.266 e. The summed E-state index contributed by atoms with van der Waals surface area (Å²) in [4.78, 5) is 26.0. The van der Waals surface area contributed by atoms with Gasteiger partial charge in [-0.15, -0.1) is 0 Å². The number of nitrogens with two attached hydrogens (primary N) is 1. The van der Waals surface area contributed by atoms with Gasteiger partial charge in [0.25, 0.3) is 11.8 Å². The van der Waals surface area contributed by atoms with Gasteiger partial charge in [0.05, 0.1) is 29.6 Å². The summed E-state index contributed by atoms with van der Waals surface area (Å²) < 4.78 is 5.08. The lowest BCUT2D eigenvalue weighted by atomic mass is 10.1. The summed E-state index contributed by atoms with van der Waals surface area (Å²) >= 11 is 0. The van der Waals surface area contributed by atoms with E-state index >= 15 is 0 Å². The number of carbonyl (C=O) groups is 2. The highest BCUT2D eigenvalue weighted by atomic mass is 16.5. The van der Waals surface area contributed by atoms with Gasteiger partial charge in [-0.3, -0.25) is 9.59 Å². The highest BCUT2D eigenvalue weighted by Crippen LogP contribution is 2.32. The van der Waals surface area contributed by atoms with Gasteiger partial charge in [0, 0.05) is 0 Å². The predicted molar refractivity (Wildman–Crippen MR) is 79.7 cm³/mol. The molecule has 21 heavy (non-hydrogen) atoms. The summed E-state index contributed by atoms with van der Waals surface area (Å²) in [7, 11) is 1.51. The summed E-state index contributed by atoms with van der Waals surface area (Å²) in [5.41, 5.74) is 8.44. The Morgan fingerprint density at radius 3 is 2.38 bits per heavy atom. The molecule has 1 heterocycles. The van der Waals surface area contributed by atoms with Gasteiger partial charge in [0.2, 0.25) is 0 Å². The van der Waals surface area contributed by atoms with Crippen molar-refractivity contribution in [1.82, 2.24) is 0 Å². The van der Waals surface area contributed by atoms with Crippen LogP contribution >= 0.6 is 0 Å². The van der Waals surface area contributed by atoms with E-state index in [4.69, 9.17) is 10.5 Å². The molecule has 0 saturated carbocycles. The van der Waals surface area contributed by atoms with E-state index in [0.717, 1.165) is 10.5 Å². The van der Waals surface area contributed by atoms with Crippen molar-refractivity contribution in [1.29, 1.82) is 0 Å². The van der Waals surface area contributed by atoms with Crippen molar-refractivity contribution in [3.63, 3.8) is 0 Å². The normalized spacial score (nSPS) is 13.5. The fraction of sp³-hybridized carbons (Fsp3) is 0.125. The molecule has 0 unspecified atom stereocenters. The van der Waals surface area contributed by atoms with Gasteiger partial charge < -0.3 is 10.5 Å². The molecule has 0 aromatic heterocycles. The van der Waals surface area contributed by atoms with E-state index < -0.39 is 0 Å². The zero-order valence-corrected chi connectivity index (χ0v) is 11.7. The Morgan fingerprint density at radius 1 is 1.00 bits per heavy atom. The van der Waals surface area contributed by atoms with E-state index in [-0.39, 0.29) is 11.8 Å². The van der Waals surface area contributed by atoms with Gasteiger partial charge in [0.15, 0.2) is 0 Å². The minimum atomic E-state index is -0.334. The molecule has 1 aliphatic heterocycles. The Hall–Kier alpha value is -2.82. The van der Waals surface area contributed by atoms with Crippen LogP contribution in [0.3, 0.4) is 0 Å². The Balaban J connectivity index is 2.07. The molecule has 3 rings (SSSR count).